The fourth-order valence-corrected chi connectivity index (χ4v) is 3.39. The summed E-state index contributed by atoms with van der Waals surface area (Å²) in [5.41, 5.74) is -0.740. The molecule has 1 aromatic carbocycles. The number of aliphatic hydroxyl groups excluding tert-OH is 1. The molecule has 136 valence electrons. The number of rotatable bonds is 3. The molecule has 0 aromatic heterocycles. The molecular weight excluding hydrogens is 339 g/mol. The highest BCUT2D eigenvalue weighted by Crippen LogP contribution is 2.40. The number of halogens is 3. The largest absolute Gasteiger partial charge is 0.416 e. The van der Waals surface area contributed by atoms with Crippen LogP contribution in [0.4, 0.5) is 18.0 Å². The third-order valence-electron chi connectivity index (χ3n) is 4.50. The number of nitrogens with one attached hydrogen (secondary N) is 1. The number of carbonyl (C=O) groups excluding carboxylic acids is 2. The van der Waals surface area contributed by atoms with E-state index >= 15 is 0 Å². The number of urea groups is 1. The van der Waals surface area contributed by atoms with Gasteiger partial charge in [0.25, 0.3) is 0 Å². The second-order valence-corrected chi connectivity index (χ2v) is 6.20. The summed E-state index contributed by atoms with van der Waals surface area (Å²) in [5, 5.41) is 12.4. The van der Waals surface area contributed by atoms with Crippen molar-refractivity contribution in [3.8, 4) is 0 Å². The Kier molecular flexibility index (Phi) is 4.70. The summed E-state index contributed by atoms with van der Waals surface area (Å²) >= 11 is 0. The van der Waals surface area contributed by atoms with Gasteiger partial charge >= 0.3 is 12.2 Å². The lowest BCUT2D eigenvalue weighted by molar-refractivity contribution is -0.138. The third-order valence-corrected chi connectivity index (χ3v) is 4.50. The molecule has 3 rings (SSSR count). The SMILES string of the molecule is O=C(CN1C[C@H](O)C[C@H]1c1ccccc1C(F)(F)F)N1CCNC1=O. The quantitative estimate of drug-likeness (QED) is 0.857. The minimum Gasteiger partial charge on any atom is -0.392 e. The zero-order valence-electron chi connectivity index (χ0n) is 13.3. The van der Waals surface area contributed by atoms with E-state index in [1.165, 1.54) is 23.1 Å². The Labute approximate surface area is 142 Å². The van der Waals surface area contributed by atoms with Gasteiger partial charge in [0.1, 0.15) is 0 Å². The number of likely N-dealkylation sites (tertiary alicyclic amines) is 1. The molecule has 2 fully saturated rings. The smallest absolute Gasteiger partial charge is 0.392 e. The lowest BCUT2D eigenvalue weighted by Gasteiger charge is -2.27. The summed E-state index contributed by atoms with van der Waals surface area (Å²) in [6.45, 7) is 0.449. The lowest BCUT2D eigenvalue weighted by atomic mass is 9.97. The van der Waals surface area contributed by atoms with Crippen molar-refractivity contribution < 1.29 is 27.9 Å². The summed E-state index contributed by atoms with van der Waals surface area (Å²) in [6.07, 6.45) is -5.24. The summed E-state index contributed by atoms with van der Waals surface area (Å²) in [4.78, 5) is 26.4. The van der Waals surface area contributed by atoms with Crippen LogP contribution < -0.4 is 5.32 Å². The minimum absolute atomic E-state index is 0.0326. The molecule has 1 aromatic rings. The van der Waals surface area contributed by atoms with Crippen LogP contribution in [0.2, 0.25) is 0 Å². The molecule has 6 nitrogen and oxygen atoms in total. The van der Waals surface area contributed by atoms with E-state index < -0.39 is 35.8 Å². The van der Waals surface area contributed by atoms with E-state index in [4.69, 9.17) is 0 Å². The maximum absolute atomic E-state index is 13.3. The van der Waals surface area contributed by atoms with E-state index in [1.807, 2.05) is 0 Å². The molecule has 2 heterocycles. The highest BCUT2D eigenvalue weighted by molar-refractivity contribution is 5.96. The first kappa shape index (κ1) is 17.7. The van der Waals surface area contributed by atoms with Gasteiger partial charge in [-0.05, 0) is 18.1 Å². The first-order chi connectivity index (χ1) is 11.8. The molecule has 2 aliphatic heterocycles. The Morgan fingerprint density at radius 2 is 2.04 bits per heavy atom. The van der Waals surface area contributed by atoms with Crippen LogP contribution in [0.3, 0.4) is 0 Å². The summed E-state index contributed by atoms with van der Waals surface area (Å²) in [6, 6.07) is 3.93. The number of β-amino-alcohol motifs (C(OH)–C–C–N with tert-alkyl or cyclic N) is 1. The van der Waals surface area contributed by atoms with Gasteiger partial charge in [0.05, 0.1) is 18.2 Å². The fraction of sp³-hybridized carbons (Fsp3) is 0.500. The van der Waals surface area contributed by atoms with Crippen LogP contribution >= 0.6 is 0 Å². The number of hydrogen-bond donors (Lipinski definition) is 2. The van der Waals surface area contributed by atoms with Crippen LogP contribution in [0, 0.1) is 0 Å². The van der Waals surface area contributed by atoms with Crippen molar-refractivity contribution in [2.24, 2.45) is 0 Å². The Balaban J connectivity index is 1.83. The number of hydrogen-bond acceptors (Lipinski definition) is 4. The van der Waals surface area contributed by atoms with Crippen molar-refractivity contribution in [3.63, 3.8) is 0 Å². The molecule has 2 saturated heterocycles. The van der Waals surface area contributed by atoms with Crippen molar-refractivity contribution in [1.29, 1.82) is 0 Å². The summed E-state index contributed by atoms with van der Waals surface area (Å²) in [5.74, 6) is -0.487. The highest BCUT2D eigenvalue weighted by atomic mass is 19.4. The molecule has 0 spiro atoms. The Morgan fingerprint density at radius 3 is 2.68 bits per heavy atom. The summed E-state index contributed by atoms with van der Waals surface area (Å²) < 4.78 is 39.8. The maximum Gasteiger partial charge on any atom is 0.416 e. The van der Waals surface area contributed by atoms with Crippen LogP contribution in [0.25, 0.3) is 0 Å². The van der Waals surface area contributed by atoms with Crippen LogP contribution in [-0.4, -0.2) is 59.1 Å². The zero-order valence-corrected chi connectivity index (χ0v) is 13.3. The molecule has 0 bridgehead atoms. The molecule has 0 radical (unpaired) electrons. The predicted octanol–water partition coefficient (Wildman–Crippen LogP) is 1.36. The topological polar surface area (TPSA) is 72.9 Å². The Morgan fingerprint density at radius 1 is 1.32 bits per heavy atom. The standard InChI is InChI=1S/C16H18F3N3O3/c17-16(18,19)12-4-2-1-3-11(12)13-7-10(23)8-21(13)9-14(24)22-6-5-20-15(22)25/h1-4,10,13,23H,5-9H2,(H,20,25)/t10-,13+/m1/s1. The zero-order chi connectivity index (χ0) is 18.2. The Hall–Kier alpha value is -2.13. The number of amides is 3. The average Bonchev–Trinajstić information content (AvgIpc) is 3.12. The first-order valence-electron chi connectivity index (χ1n) is 7.94. The average molecular weight is 357 g/mol. The molecule has 0 saturated carbocycles. The van der Waals surface area contributed by atoms with Gasteiger partial charge in [0, 0.05) is 25.7 Å². The van der Waals surface area contributed by atoms with Gasteiger partial charge in [-0.3, -0.25) is 14.6 Å². The van der Waals surface area contributed by atoms with Crippen LogP contribution in [0.15, 0.2) is 24.3 Å². The van der Waals surface area contributed by atoms with Gasteiger partial charge in [0.15, 0.2) is 0 Å². The number of aliphatic hydroxyl groups is 1. The molecule has 9 heteroatoms. The normalized spacial score (nSPS) is 24.6. The monoisotopic (exact) mass is 357 g/mol. The predicted molar refractivity (Wildman–Crippen MR) is 81.5 cm³/mol. The lowest BCUT2D eigenvalue weighted by Crippen LogP contribution is -2.42. The first-order valence-corrected chi connectivity index (χ1v) is 7.94. The molecule has 2 N–H and O–H groups in total. The molecule has 2 aliphatic rings. The van der Waals surface area contributed by atoms with Gasteiger partial charge in [-0.25, -0.2) is 4.79 Å². The maximum atomic E-state index is 13.3. The second-order valence-electron chi connectivity index (χ2n) is 6.20. The van der Waals surface area contributed by atoms with Crippen molar-refractivity contribution >= 4 is 11.9 Å². The highest BCUT2D eigenvalue weighted by Gasteiger charge is 2.41. The van der Waals surface area contributed by atoms with E-state index in [-0.39, 0.29) is 31.6 Å². The van der Waals surface area contributed by atoms with E-state index in [9.17, 15) is 27.9 Å². The molecule has 25 heavy (non-hydrogen) atoms. The van der Waals surface area contributed by atoms with Crippen molar-refractivity contribution in [2.75, 3.05) is 26.2 Å². The number of nitrogens with zero attached hydrogens (tertiary/aromatic N) is 2. The van der Waals surface area contributed by atoms with Gasteiger partial charge in [-0.15, -0.1) is 0 Å². The molecule has 2 atom stereocenters. The van der Waals surface area contributed by atoms with Gasteiger partial charge < -0.3 is 10.4 Å². The van der Waals surface area contributed by atoms with E-state index in [0.29, 0.717) is 6.54 Å². The molecule has 0 unspecified atom stereocenters. The molecule has 0 aliphatic carbocycles. The van der Waals surface area contributed by atoms with Crippen LogP contribution in [-0.2, 0) is 11.0 Å². The number of carbonyl (C=O) groups is 2. The molecular formula is C16H18F3N3O3. The van der Waals surface area contributed by atoms with E-state index in [1.54, 1.807) is 0 Å². The van der Waals surface area contributed by atoms with E-state index in [2.05, 4.69) is 5.32 Å². The van der Waals surface area contributed by atoms with Crippen molar-refractivity contribution in [2.45, 2.75) is 24.7 Å². The molecule has 3 amide bonds. The van der Waals surface area contributed by atoms with Crippen LogP contribution in [0.5, 0.6) is 0 Å². The van der Waals surface area contributed by atoms with Gasteiger partial charge in [-0.2, -0.15) is 13.2 Å². The Bertz CT molecular complexity index is 680. The van der Waals surface area contributed by atoms with Gasteiger partial charge in [0.2, 0.25) is 5.91 Å². The van der Waals surface area contributed by atoms with E-state index in [0.717, 1.165) is 11.0 Å². The number of imide groups is 1. The number of benzene rings is 1. The van der Waals surface area contributed by atoms with Crippen molar-refractivity contribution in [3.05, 3.63) is 35.4 Å². The second kappa shape index (κ2) is 6.64. The minimum atomic E-state index is -4.52. The number of alkyl halides is 3. The van der Waals surface area contributed by atoms with Gasteiger partial charge in [-0.1, -0.05) is 18.2 Å². The third kappa shape index (κ3) is 3.62. The van der Waals surface area contributed by atoms with Crippen LogP contribution in [0.1, 0.15) is 23.6 Å². The van der Waals surface area contributed by atoms with Crippen molar-refractivity contribution in [1.82, 2.24) is 15.1 Å². The summed E-state index contributed by atoms with van der Waals surface area (Å²) in [7, 11) is 0. The fourth-order valence-electron chi connectivity index (χ4n) is 3.39.